The van der Waals surface area contributed by atoms with Gasteiger partial charge in [0, 0.05) is 23.9 Å². The number of fused-ring (bicyclic) bond motifs is 2. The molecule has 3 heterocycles. The number of rotatable bonds is 0. The lowest BCUT2D eigenvalue weighted by Gasteiger charge is -2.40. The fourth-order valence-corrected chi connectivity index (χ4v) is 3.91. The highest BCUT2D eigenvalue weighted by Gasteiger charge is 2.55. The highest BCUT2D eigenvalue weighted by Crippen LogP contribution is 2.53. The minimum absolute atomic E-state index is 0.252. The Morgan fingerprint density at radius 2 is 2.05 bits per heavy atom. The largest absolute Gasteiger partial charge is 0.348 e. The molecule has 5 nitrogen and oxygen atoms in total. The number of carbonyl (C=O) groups excluding carboxylic acids is 1. The number of carbonyl (C=O) groups is 1. The molecular weight excluding hydrogens is 292 g/mol. The van der Waals surface area contributed by atoms with Crippen LogP contribution in [0.25, 0.3) is 0 Å². The number of hydrogen-bond acceptors (Lipinski definition) is 4. The van der Waals surface area contributed by atoms with Crippen LogP contribution >= 0.6 is 11.6 Å². The van der Waals surface area contributed by atoms with Gasteiger partial charge in [-0.15, -0.1) is 0 Å². The summed E-state index contributed by atoms with van der Waals surface area (Å²) in [5.74, 6) is -1.04. The van der Waals surface area contributed by atoms with Crippen LogP contribution in [0.3, 0.4) is 0 Å². The Kier molecular flexibility index (Phi) is 2.21. The summed E-state index contributed by atoms with van der Waals surface area (Å²) in [7, 11) is 0. The van der Waals surface area contributed by atoms with Crippen molar-refractivity contribution in [3.8, 4) is 0 Å². The highest BCUT2D eigenvalue weighted by atomic mass is 35.5. The van der Waals surface area contributed by atoms with Gasteiger partial charge in [-0.1, -0.05) is 11.6 Å². The zero-order chi connectivity index (χ0) is 17.2. The van der Waals surface area contributed by atoms with Crippen LogP contribution in [0.5, 0.6) is 0 Å². The van der Waals surface area contributed by atoms with Crippen LogP contribution in [-0.4, -0.2) is 36.9 Å². The third-order valence-corrected chi connectivity index (χ3v) is 5.10. The van der Waals surface area contributed by atoms with Crippen molar-refractivity contribution < 1.29 is 18.4 Å². The van der Waals surface area contributed by atoms with Gasteiger partial charge in [0.15, 0.2) is 5.79 Å². The van der Waals surface area contributed by atoms with E-state index in [1.807, 2.05) is 0 Å². The van der Waals surface area contributed by atoms with Crippen LogP contribution in [0.4, 0.5) is 5.69 Å². The molecule has 0 radical (unpaired) electrons. The van der Waals surface area contributed by atoms with Crippen LogP contribution in [-0.2, 0) is 19.7 Å². The predicted octanol–water partition coefficient (Wildman–Crippen LogP) is 2.27. The standard InChI is InChI=1S/C15H17ClN2O3/c1-18-11-9-17-12(16)8-10(11)14(13(18)19)2-4-15(5-3-14)20-6-7-21-15/h8-9H,2-7H2,1H3/i1D3. The molecule has 2 aliphatic heterocycles. The lowest BCUT2D eigenvalue weighted by molar-refractivity contribution is -0.185. The van der Waals surface area contributed by atoms with Gasteiger partial charge in [0.05, 0.1) is 30.5 Å². The van der Waals surface area contributed by atoms with E-state index >= 15 is 0 Å². The third kappa shape index (κ3) is 1.77. The predicted molar refractivity (Wildman–Crippen MR) is 77.4 cm³/mol. The van der Waals surface area contributed by atoms with E-state index in [9.17, 15) is 4.79 Å². The van der Waals surface area contributed by atoms with Crippen molar-refractivity contribution >= 4 is 23.2 Å². The molecule has 112 valence electrons. The van der Waals surface area contributed by atoms with E-state index in [1.165, 1.54) is 6.20 Å². The molecule has 1 amide bonds. The molecule has 21 heavy (non-hydrogen) atoms. The van der Waals surface area contributed by atoms with Gasteiger partial charge in [0.1, 0.15) is 5.15 Å². The number of likely N-dealkylation sites (N-methyl/N-ethyl adjacent to an activating group) is 1. The Hall–Kier alpha value is -1.17. The molecule has 0 atom stereocenters. The molecule has 2 fully saturated rings. The first-order valence-corrected chi connectivity index (χ1v) is 7.44. The zero-order valence-corrected chi connectivity index (χ0v) is 12.2. The number of nitrogens with zero attached hydrogens (tertiary/aromatic N) is 2. The van der Waals surface area contributed by atoms with E-state index < -0.39 is 24.1 Å². The monoisotopic (exact) mass is 311 g/mol. The van der Waals surface area contributed by atoms with Crippen molar-refractivity contribution in [1.82, 2.24) is 4.98 Å². The summed E-state index contributed by atoms with van der Waals surface area (Å²) < 4.78 is 34.7. The number of aromatic nitrogens is 1. The summed E-state index contributed by atoms with van der Waals surface area (Å²) in [5, 5.41) is 0.252. The van der Waals surface area contributed by atoms with E-state index in [2.05, 4.69) is 4.98 Å². The average Bonchev–Trinajstić information content (AvgIpc) is 3.05. The molecule has 2 spiro atoms. The van der Waals surface area contributed by atoms with Crippen molar-refractivity contribution in [2.75, 3.05) is 25.1 Å². The van der Waals surface area contributed by atoms with Gasteiger partial charge in [-0.2, -0.15) is 0 Å². The lowest BCUT2D eigenvalue weighted by Crippen LogP contribution is -2.47. The van der Waals surface area contributed by atoms with Crippen LogP contribution in [0.1, 0.15) is 35.4 Å². The summed E-state index contributed by atoms with van der Waals surface area (Å²) >= 11 is 6.03. The molecule has 0 unspecified atom stereocenters. The Morgan fingerprint density at radius 1 is 1.33 bits per heavy atom. The first kappa shape index (κ1) is 10.5. The maximum absolute atomic E-state index is 13.1. The maximum Gasteiger partial charge on any atom is 0.237 e. The molecule has 1 saturated carbocycles. The topological polar surface area (TPSA) is 51.7 Å². The van der Waals surface area contributed by atoms with Gasteiger partial charge in [0.2, 0.25) is 5.91 Å². The Morgan fingerprint density at radius 3 is 2.71 bits per heavy atom. The van der Waals surface area contributed by atoms with E-state index in [1.54, 1.807) is 6.07 Å². The molecule has 0 aromatic carbocycles. The first-order valence-electron chi connectivity index (χ1n) is 8.56. The highest BCUT2D eigenvalue weighted by molar-refractivity contribution is 6.29. The number of anilines is 1. The van der Waals surface area contributed by atoms with Gasteiger partial charge in [-0.05, 0) is 24.5 Å². The van der Waals surface area contributed by atoms with Gasteiger partial charge in [0.25, 0.3) is 0 Å². The first-order chi connectivity index (χ1) is 11.3. The third-order valence-electron chi connectivity index (χ3n) is 4.90. The lowest BCUT2D eigenvalue weighted by atomic mass is 9.68. The van der Waals surface area contributed by atoms with Crippen molar-refractivity contribution in [1.29, 1.82) is 0 Å². The molecule has 0 bridgehead atoms. The number of halogens is 1. The van der Waals surface area contributed by atoms with Gasteiger partial charge < -0.3 is 14.4 Å². The molecule has 3 aliphatic rings. The van der Waals surface area contributed by atoms with Gasteiger partial charge in [-0.3, -0.25) is 4.79 Å². The van der Waals surface area contributed by atoms with Crippen molar-refractivity contribution in [3.05, 3.63) is 23.0 Å². The summed E-state index contributed by atoms with van der Waals surface area (Å²) in [6, 6.07) is 1.62. The van der Waals surface area contributed by atoms with Gasteiger partial charge in [-0.25, -0.2) is 4.98 Å². The second-order valence-electron chi connectivity index (χ2n) is 5.85. The van der Waals surface area contributed by atoms with Crippen molar-refractivity contribution in [2.24, 2.45) is 0 Å². The number of pyridine rings is 1. The second kappa shape index (κ2) is 4.41. The van der Waals surface area contributed by atoms with E-state index in [-0.39, 0.29) is 5.15 Å². The fourth-order valence-electron chi connectivity index (χ4n) is 3.75. The van der Waals surface area contributed by atoms with E-state index in [0.717, 1.165) is 4.90 Å². The molecule has 0 N–H and O–H groups in total. The minimum Gasteiger partial charge on any atom is -0.348 e. The second-order valence-corrected chi connectivity index (χ2v) is 6.24. The van der Waals surface area contributed by atoms with Crippen molar-refractivity contribution in [2.45, 2.75) is 36.9 Å². The Labute approximate surface area is 132 Å². The summed E-state index contributed by atoms with van der Waals surface area (Å²) in [4.78, 5) is 18.0. The SMILES string of the molecule is [2H]C([2H])([2H])N1C(=O)C2(CCC3(CC2)OCCO3)c2cc(Cl)ncc21. The quantitative estimate of drug-likeness (QED) is 0.690. The number of ether oxygens (including phenoxy) is 2. The van der Waals surface area contributed by atoms with Gasteiger partial charge >= 0.3 is 0 Å². The minimum atomic E-state index is -2.56. The van der Waals surface area contributed by atoms with E-state index in [4.69, 9.17) is 25.2 Å². The van der Waals surface area contributed by atoms with Crippen LogP contribution in [0, 0.1) is 0 Å². The molecule has 1 saturated heterocycles. The number of amides is 1. The molecule has 4 rings (SSSR count). The summed E-state index contributed by atoms with van der Waals surface area (Å²) in [6.45, 7) is -1.45. The summed E-state index contributed by atoms with van der Waals surface area (Å²) in [6.07, 6.45) is 3.40. The molecule has 1 aromatic rings. The Balaban J connectivity index is 1.77. The number of hydrogen-bond donors (Lipinski definition) is 0. The van der Waals surface area contributed by atoms with Crippen molar-refractivity contribution in [3.63, 3.8) is 0 Å². The molecule has 1 aromatic heterocycles. The van der Waals surface area contributed by atoms with Crippen LogP contribution in [0.15, 0.2) is 12.3 Å². The maximum atomic E-state index is 13.1. The Bertz CT molecular complexity index is 694. The van der Waals surface area contributed by atoms with E-state index in [0.29, 0.717) is 50.1 Å². The van der Waals surface area contributed by atoms with Crippen LogP contribution in [0.2, 0.25) is 5.15 Å². The normalized spacial score (nSPS) is 28.5. The fraction of sp³-hybridized carbons (Fsp3) is 0.600. The molecule has 1 aliphatic carbocycles. The molecule has 6 heteroatoms. The zero-order valence-electron chi connectivity index (χ0n) is 14.4. The molecular formula is C15H17ClN2O3. The summed E-state index contributed by atoms with van der Waals surface area (Å²) in [5.41, 5.74) is 0.0849. The van der Waals surface area contributed by atoms with Crippen LogP contribution < -0.4 is 4.90 Å². The smallest absolute Gasteiger partial charge is 0.237 e. The average molecular weight is 312 g/mol.